The van der Waals surface area contributed by atoms with Gasteiger partial charge in [0.15, 0.2) is 0 Å². The van der Waals surface area contributed by atoms with E-state index < -0.39 is 23.7 Å². The fourth-order valence-corrected chi connectivity index (χ4v) is 2.07. The number of nitrogens with zero attached hydrogens (tertiary/aromatic N) is 1. The lowest BCUT2D eigenvalue weighted by Gasteiger charge is -2.15. The Balaban J connectivity index is 2.72. The number of nitrogens with one attached hydrogen (secondary N) is 1. The molecule has 0 aliphatic heterocycles. The SMILES string of the molecule is CC(C)CC(CNC(=O)c1cc(C(N)=O)cn1C)C(=O)O. The molecule has 1 heterocycles. The highest BCUT2D eigenvalue weighted by Crippen LogP contribution is 2.12. The number of primary amides is 1. The van der Waals surface area contributed by atoms with Crippen LogP contribution in [-0.2, 0) is 11.8 Å². The minimum atomic E-state index is -0.936. The standard InChI is InChI=1S/C14H21N3O4/c1-8(2)4-9(14(20)21)6-16-13(19)11-5-10(12(15)18)7-17(11)3/h5,7-9H,4,6H2,1-3H3,(H2,15,18)(H,16,19)(H,20,21). The van der Waals surface area contributed by atoms with E-state index in [9.17, 15) is 14.4 Å². The first-order valence-corrected chi connectivity index (χ1v) is 6.69. The van der Waals surface area contributed by atoms with E-state index in [1.807, 2.05) is 13.8 Å². The third kappa shape index (κ3) is 4.62. The first kappa shape index (κ1) is 16.7. The van der Waals surface area contributed by atoms with E-state index in [1.165, 1.54) is 16.8 Å². The van der Waals surface area contributed by atoms with Crippen LogP contribution < -0.4 is 11.1 Å². The Morgan fingerprint density at radius 3 is 2.43 bits per heavy atom. The summed E-state index contributed by atoms with van der Waals surface area (Å²) in [4.78, 5) is 34.2. The van der Waals surface area contributed by atoms with Crippen LogP contribution in [0.1, 0.15) is 41.1 Å². The molecule has 1 unspecified atom stereocenters. The van der Waals surface area contributed by atoms with Crippen LogP contribution in [0.25, 0.3) is 0 Å². The van der Waals surface area contributed by atoms with Crippen molar-refractivity contribution in [3.8, 4) is 0 Å². The number of hydrogen-bond donors (Lipinski definition) is 3. The van der Waals surface area contributed by atoms with Gasteiger partial charge in [0.05, 0.1) is 11.5 Å². The molecule has 7 heteroatoms. The Kier molecular flexibility index (Phi) is 5.52. The van der Waals surface area contributed by atoms with E-state index in [1.54, 1.807) is 7.05 Å². The molecular weight excluding hydrogens is 274 g/mol. The van der Waals surface area contributed by atoms with Gasteiger partial charge >= 0.3 is 5.97 Å². The maximum absolute atomic E-state index is 12.0. The molecule has 0 aliphatic carbocycles. The predicted molar refractivity (Wildman–Crippen MR) is 76.8 cm³/mol. The van der Waals surface area contributed by atoms with Crippen molar-refractivity contribution in [1.82, 2.24) is 9.88 Å². The molecule has 0 fully saturated rings. The summed E-state index contributed by atoms with van der Waals surface area (Å²) in [7, 11) is 1.62. The van der Waals surface area contributed by atoms with Gasteiger partial charge in [0, 0.05) is 19.8 Å². The zero-order valence-electron chi connectivity index (χ0n) is 12.4. The molecule has 0 aromatic carbocycles. The number of aryl methyl sites for hydroxylation is 1. The first-order valence-electron chi connectivity index (χ1n) is 6.69. The number of carbonyl (C=O) groups is 3. The van der Waals surface area contributed by atoms with E-state index >= 15 is 0 Å². The van der Waals surface area contributed by atoms with Gasteiger partial charge in [0.2, 0.25) is 5.91 Å². The number of rotatable bonds is 7. The predicted octanol–water partition coefficient (Wildman–Crippen LogP) is 0.601. The summed E-state index contributed by atoms with van der Waals surface area (Å²) in [6.45, 7) is 3.89. The van der Waals surface area contributed by atoms with Crippen LogP contribution in [0.4, 0.5) is 0 Å². The summed E-state index contributed by atoms with van der Waals surface area (Å²) in [6.07, 6.45) is 1.94. The molecule has 0 aliphatic rings. The van der Waals surface area contributed by atoms with Gasteiger partial charge in [0.25, 0.3) is 5.91 Å². The summed E-state index contributed by atoms with van der Waals surface area (Å²) < 4.78 is 1.48. The Morgan fingerprint density at radius 1 is 1.38 bits per heavy atom. The third-order valence-electron chi connectivity index (χ3n) is 3.14. The van der Waals surface area contributed by atoms with Crippen LogP contribution in [0.5, 0.6) is 0 Å². The second-order valence-electron chi connectivity index (χ2n) is 5.46. The molecule has 0 saturated carbocycles. The molecule has 4 N–H and O–H groups in total. The largest absolute Gasteiger partial charge is 0.481 e. The lowest BCUT2D eigenvalue weighted by molar-refractivity contribution is -0.142. The Morgan fingerprint density at radius 2 is 2.00 bits per heavy atom. The number of carbonyl (C=O) groups excluding carboxylic acids is 2. The maximum atomic E-state index is 12.0. The lowest BCUT2D eigenvalue weighted by Crippen LogP contribution is -2.34. The third-order valence-corrected chi connectivity index (χ3v) is 3.14. The average molecular weight is 295 g/mol. The van der Waals surface area contributed by atoms with E-state index in [0.29, 0.717) is 6.42 Å². The second-order valence-corrected chi connectivity index (χ2v) is 5.46. The van der Waals surface area contributed by atoms with E-state index in [4.69, 9.17) is 10.8 Å². The number of nitrogens with two attached hydrogens (primary N) is 1. The van der Waals surface area contributed by atoms with Crippen LogP contribution in [0.2, 0.25) is 0 Å². The first-order chi connectivity index (χ1) is 9.72. The molecule has 2 amide bonds. The zero-order valence-corrected chi connectivity index (χ0v) is 12.4. The van der Waals surface area contributed by atoms with Crippen molar-refractivity contribution in [2.75, 3.05) is 6.54 Å². The van der Waals surface area contributed by atoms with Crippen molar-refractivity contribution >= 4 is 17.8 Å². The number of carboxylic acid groups (broad SMARTS) is 1. The normalized spacial score (nSPS) is 12.2. The molecule has 0 radical (unpaired) electrons. The van der Waals surface area contributed by atoms with Crippen LogP contribution >= 0.6 is 0 Å². The Hall–Kier alpha value is -2.31. The molecule has 0 saturated heterocycles. The van der Waals surface area contributed by atoms with Gasteiger partial charge in [-0.2, -0.15) is 0 Å². The molecule has 7 nitrogen and oxygen atoms in total. The quantitative estimate of drug-likeness (QED) is 0.683. The fourth-order valence-electron chi connectivity index (χ4n) is 2.07. The summed E-state index contributed by atoms with van der Waals surface area (Å²) in [5.41, 5.74) is 5.65. The van der Waals surface area contributed by atoms with Crippen LogP contribution in [0.3, 0.4) is 0 Å². The molecule has 0 bridgehead atoms. The van der Waals surface area contributed by atoms with Gasteiger partial charge in [0.1, 0.15) is 5.69 Å². The van der Waals surface area contributed by atoms with Crippen molar-refractivity contribution in [1.29, 1.82) is 0 Å². The van der Waals surface area contributed by atoms with E-state index in [0.717, 1.165) is 0 Å². The van der Waals surface area contributed by atoms with Gasteiger partial charge < -0.3 is 20.7 Å². The molecule has 1 rings (SSSR count). The molecule has 21 heavy (non-hydrogen) atoms. The molecule has 1 aromatic rings. The topological polar surface area (TPSA) is 114 Å². The number of carboxylic acids is 1. The van der Waals surface area contributed by atoms with Gasteiger partial charge in [-0.3, -0.25) is 14.4 Å². The summed E-state index contributed by atoms with van der Waals surface area (Å²) in [5, 5.41) is 11.7. The lowest BCUT2D eigenvalue weighted by atomic mass is 9.97. The van der Waals surface area contributed by atoms with Crippen LogP contribution in [0, 0.1) is 11.8 Å². The molecule has 0 spiro atoms. The summed E-state index contributed by atoms with van der Waals surface area (Å²) in [5.74, 6) is -2.40. The van der Waals surface area contributed by atoms with Gasteiger partial charge in [-0.1, -0.05) is 13.8 Å². The average Bonchev–Trinajstić information content (AvgIpc) is 2.75. The van der Waals surface area contributed by atoms with Gasteiger partial charge in [-0.25, -0.2) is 0 Å². The number of aliphatic carboxylic acids is 1. The molecule has 1 atom stereocenters. The molecule has 116 valence electrons. The smallest absolute Gasteiger partial charge is 0.308 e. The molecule has 1 aromatic heterocycles. The van der Waals surface area contributed by atoms with Crippen molar-refractivity contribution in [3.63, 3.8) is 0 Å². The van der Waals surface area contributed by atoms with Crippen LogP contribution in [-0.4, -0.2) is 34.0 Å². The summed E-state index contributed by atoms with van der Waals surface area (Å²) in [6, 6.07) is 1.38. The monoisotopic (exact) mass is 295 g/mol. The van der Waals surface area contributed by atoms with Crippen LogP contribution in [0.15, 0.2) is 12.3 Å². The number of aromatic nitrogens is 1. The van der Waals surface area contributed by atoms with Crippen molar-refractivity contribution < 1.29 is 19.5 Å². The second kappa shape index (κ2) is 6.92. The minimum Gasteiger partial charge on any atom is -0.481 e. The highest BCUT2D eigenvalue weighted by atomic mass is 16.4. The Labute approximate surface area is 123 Å². The fraction of sp³-hybridized carbons (Fsp3) is 0.500. The van der Waals surface area contributed by atoms with Crippen molar-refractivity contribution in [2.24, 2.45) is 24.6 Å². The summed E-state index contributed by atoms with van der Waals surface area (Å²) >= 11 is 0. The maximum Gasteiger partial charge on any atom is 0.308 e. The molecular formula is C14H21N3O4. The van der Waals surface area contributed by atoms with Crippen molar-refractivity contribution in [3.05, 3.63) is 23.5 Å². The van der Waals surface area contributed by atoms with E-state index in [2.05, 4.69) is 5.32 Å². The van der Waals surface area contributed by atoms with Crippen molar-refractivity contribution in [2.45, 2.75) is 20.3 Å². The highest BCUT2D eigenvalue weighted by molar-refractivity contribution is 5.98. The van der Waals surface area contributed by atoms with Gasteiger partial charge in [-0.05, 0) is 18.4 Å². The van der Waals surface area contributed by atoms with E-state index in [-0.39, 0.29) is 23.7 Å². The van der Waals surface area contributed by atoms with Gasteiger partial charge in [-0.15, -0.1) is 0 Å². The zero-order chi connectivity index (χ0) is 16.2. The minimum absolute atomic E-state index is 0.0451. The Bertz CT molecular complexity index is 548. The highest BCUT2D eigenvalue weighted by Gasteiger charge is 2.21. The number of hydrogen-bond acceptors (Lipinski definition) is 3. The number of amides is 2.